The first-order valence-corrected chi connectivity index (χ1v) is 6.58. The summed E-state index contributed by atoms with van der Waals surface area (Å²) in [6.45, 7) is 1.56. The van der Waals surface area contributed by atoms with E-state index in [1.54, 1.807) is 0 Å². The van der Waals surface area contributed by atoms with Gasteiger partial charge in [-0.1, -0.05) is 12.2 Å². The Labute approximate surface area is 102 Å². The maximum Gasteiger partial charge on any atom is 0.157 e. The van der Waals surface area contributed by atoms with Gasteiger partial charge in [-0.3, -0.25) is 0 Å². The average Bonchev–Trinajstić information content (AvgIpc) is 2.99. The highest BCUT2D eigenvalue weighted by molar-refractivity contribution is 5.12. The molecule has 0 saturated carbocycles. The summed E-state index contributed by atoms with van der Waals surface area (Å²) in [6.07, 6.45) is 7.56. The van der Waals surface area contributed by atoms with E-state index in [9.17, 15) is 5.11 Å². The molecule has 3 heterocycles. The largest absolute Gasteiger partial charge is 0.393 e. The summed E-state index contributed by atoms with van der Waals surface area (Å²) < 4.78 is 16.6. The van der Waals surface area contributed by atoms with E-state index in [1.165, 1.54) is 0 Å². The Hall–Kier alpha value is -0.420. The van der Waals surface area contributed by atoms with Crippen LogP contribution in [0.4, 0.5) is 0 Å². The van der Waals surface area contributed by atoms with Gasteiger partial charge in [-0.2, -0.15) is 0 Å². The molecule has 2 fully saturated rings. The fourth-order valence-electron chi connectivity index (χ4n) is 2.91. The van der Waals surface area contributed by atoms with Gasteiger partial charge in [-0.05, 0) is 19.3 Å². The second-order valence-electron chi connectivity index (χ2n) is 5.09. The molecule has 2 saturated heterocycles. The van der Waals surface area contributed by atoms with Crippen LogP contribution in [0.15, 0.2) is 12.2 Å². The van der Waals surface area contributed by atoms with E-state index < -0.39 is 0 Å². The summed E-state index contributed by atoms with van der Waals surface area (Å²) in [7, 11) is 0. The quantitative estimate of drug-likeness (QED) is 0.751. The van der Waals surface area contributed by atoms with E-state index in [4.69, 9.17) is 14.2 Å². The molecular formula is C13H20O4. The lowest BCUT2D eigenvalue weighted by molar-refractivity contribution is -0.184. The lowest BCUT2D eigenvalue weighted by Crippen LogP contribution is -2.31. The molecule has 0 radical (unpaired) electrons. The molecule has 0 amide bonds. The molecule has 2 bridgehead atoms. The summed E-state index contributed by atoms with van der Waals surface area (Å²) >= 11 is 0. The number of hydrogen-bond donors (Lipinski definition) is 1. The van der Waals surface area contributed by atoms with Gasteiger partial charge >= 0.3 is 0 Å². The third-order valence-corrected chi connectivity index (χ3v) is 3.86. The van der Waals surface area contributed by atoms with Crippen molar-refractivity contribution in [2.24, 2.45) is 5.92 Å². The molecule has 0 aromatic heterocycles. The van der Waals surface area contributed by atoms with E-state index in [0.717, 1.165) is 38.9 Å². The minimum atomic E-state index is -0.302. The molecule has 0 aliphatic carbocycles. The molecule has 3 aliphatic heterocycles. The van der Waals surface area contributed by atoms with Crippen LogP contribution in [0.2, 0.25) is 0 Å². The summed E-state index contributed by atoms with van der Waals surface area (Å²) in [5, 5.41) is 10.2. The van der Waals surface area contributed by atoms with Crippen molar-refractivity contribution in [3.8, 4) is 0 Å². The SMILES string of the molecule is OC(CCC1OCCCO1)[C@H]1C[C@H]2C=C[C@@H]1O2. The van der Waals surface area contributed by atoms with Gasteiger partial charge in [0.1, 0.15) is 0 Å². The Kier molecular flexibility index (Phi) is 3.47. The van der Waals surface area contributed by atoms with Gasteiger partial charge in [-0.25, -0.2) is 0 Å². The number of rotatable bonds is 4. The summed E-state index contributed by atoms with van der Waals surface area (Å²) in [5.41, 5.74) is 0. The molecule has 96 valence electrons. The van der Waals surface area contributed by atoms with Gasteiger partial charge in [0.2, 0.25) is 0 Å². The first-order chi connectivity index (χ1) is 8.33. The second kappa shape index (κ2) is 5.06. The van der Waals surface area contributed by atoms with Crippen LogP contribution in [0.25, 0.3) is 0 Å². The van der Waals surface area contributed by atoms with Crippen LogP contribution in [-0.4, -0.2) is 42.9 Å². The van der Waals surface area contributed by atoms with E-state index in [1.807, 2.05) is 0 Å². The van der Waals surface area contributed by atoms with Gasteiger partial charge in [-0.15, -0.1) is 0 Å². The highest BCUT2D eigenvalue weighted by atomic mass is 16.7. The number of fused-ring (bicyclic) bond motifs is 2. The Balaban J connectivity index is 1.44. The van der Waals surface area contributed by atoms with E-state index >= 15 is 0 Å². The molecule has 0 spiro atoms. The van der Waals surface area contributed by atoms with Gasteiger partial charge in [0.05, 0.1) is 31.5 Å². The zero-order chi connectivity index (χ0) is 11.7. The Morgan fingerprint density at radius 2 is 2.06 bits per heavy atom. The van der Waals surface area contributed by atoms with Crippen LogP contribution >= 0.6 is 0 Å². The van der Waals surface area contributed by atoms with Crippen LogP contribution in [0, 0.1) is 5.92 Å². The van der Waals surface area contributed by atoms with Gasteiger partial charge in [0.25, 0.3) is 0 Å². The topological polar surface area (TPSA) is 47.9 Å². The monoisotopic (exact) mass is 240 g/mol. The normalized spacial score (nSPS) is 38.8. The molecule has 0 aromatic carbocycles. The lowest BCUT2D eigenvalue weighted by atomic mass is 9.87. The van der Waals surface area contributed by atoms with Crippen LogP contribution in [0.5, 0.6) is 0 Å². The van der Waals surface area contributed by atoms with Crippen molar-refractivity contribution in [1.29, 1.82) is 0 Å². The standard InChI is InChI=1S/C13H20O4/c14-11(3-5-13-15-6-1-7-16-13)10-8-9-2-4-12(10)17-9/h2,4,9-14H,1,3,5-8H2/t9-,10-,11?,12+/m1/s1. The second-order valence-corrected chi connectivity index (χ2v) is 5.09. The number of ether oxygens (including phenoxy) is 3. The smallest absolute Gasteiger partial charge is 0.157 e. The fraction of sp³-hybridized carbons (Fsp3) is 0.846. The van der Waals surface area contributed by atoms with Crippen molar-refractivity contribution in [3.05, 3.63) is 12.2 Å². The Bertz CT molecular complexity index is 285. The summed E-state index contributed by atoms with van der Waals surface area (Å²) in [4.78, 5) is 0. The van der Waals surface area contributed by atoms with Crippen molar-refractivity contribution in [1.82, 2.24) is 0 Å². The molecule has 4 heteroatoms. The lowest BCUT2D eigenvalue weighted by Gasteiger charge is -2.26. The Morgan fingerprint density at radius 3 is 2.71 bits per heavy atom. The molecule has 3 rings (SSSR count). The highest BCUT2D eigenvalue weighted by Crippen LogP contribution is 2.37. The first-order valence-electron chi connectivity index (χ1n) is 6.58. The molecule has 1 unspecified atom stereocenters. The van der Waals surface area contributed by atoms with Crippen LogP contribution in [0.3, 0.4) is 0 Å². The average molecular weight is 240 g/mol. The van der Waals surface area contributed by atoms with E-state index in [-0.39, 0.29) is 30.5 Å². The summed E-state index contributed by atoms with van der Waals surface area (Å²) in [6, 6.07) is 0. The number of aliphatic hydroxyl groups excluding tert-OH is 1. The third-order valence-electron chi connectivity index (χ3n) is 3.86. The third kappa shape index (κ3) is 2.55. The zero-order valence-corrected chi connectivity index (χ0v) is 9.96. The van der Waals surface area contributed by atoms with E-state index in [0.29, 0.717) is 0 Å². The number of aliphatic hydroxyl groups is 1. The predicted molar refractivity (Wildman–Crippen MR) is 61.5 cm³/mol. The van der Waals surface area contributed by atoms with E-state index in [2.05, 4.69) is 12.2 Å². The minimum absolute atomic E-state index is 0.117. The van der Waals surface area contributed by atoms with Crippen molar-refractivity contribution in [3.63, 3.8) is 0 Å². The predicted octanol–water partition coefficient (Wildman–Crippen LogP) is 1.23. The van der Waals surface area contributed by atoms with Crippen LogP contribution in [-0.2, 0) is 14.2 Å². The van der Waals surface area contributed by atoms with Crippen molar-refractivity contribution in [2.45, 2.75) is 50.3 Å². The molecule has 17 heavy (non-hydrogen) atoms. The number of hydrogen-bond acceptors (Lipinski definition) is 4. The van der Waals surface area contributed by atoms with Gasteiger partial charge in [0, 0.05) is 12.3 Å². The molecule has 0 aromatic rings. The fourth-order valence-corrected chi connectivity index (χ4v) is 2.91. The molecule has 1 N–H and O–H groups in total. The molecular weight excluding hydrogens is 220 g/mol. The molecule has 4 nitrogen and oxygen atoms in total. The molecule has 3 aliphatic rings. The maximum atomic E-state index is 10.2. The Morgan fingerprint density at radius 1 is 1.24 bits per heavy atom. The van der Waals surface area contributed by atoms with Gasteiger partial charge in [0.15, 0.2) is 6.29 Å². The van der Waals surface area contributed by atoms with Gasteiger partial charge < -0.3 is 19.3 Å². The maximum absolute atomic E-state index is 10.2. The molecule has 4 atom stereocenters. The van der Waals surface area contributed by atoms with Crippen LogP contribution < -0.4 is 0 Å². The van der Waals surface area contributed by atoms with Crippen molar-refractivity contribution < 1.29 is 19.3 Å². The van der Waals surface area contributed by atoms with Crippen molar-refractivity contribution in [2.75, 3.05) is 13.2 Å². The zero-order valence-electron chi connectivity index (χ0n) is 9.96. The highest BCUT2D eigenvalue weighted by Gasteiger charge is 2.40. The minimum Gasteiger partial charge on any atom is -0.393 e. The summed E-state index contributed by atoms with van der Waals surface area (Å²) in [5.74, 6) is 0.258. The van der Waals surface area contributed by atoms with Crippen molar-refractivity contribution >= 4 is 0 Å². The first kappa shape index (κ1) is 11.7. The van der Waals surface area contributed by atoms with Crippen LogP contribution in [0.1, 0.15) is 25.7 Å².